The van der Waals surface area contributed by atoms with E-state index in [0.29, 0.717) is 38.5 Å². The number of likely N-dealkylation sites (tertiary alicyclic amines) is 1. The zero-order chi connectivity index (χ0) is 24.8. The Kier molecular flexibility index (Phi) is 8.21. The maximum absolute atomic E-state index is 13.3. The van der Waals surface area contributed by atoms with Gasteiger partial charge in [0.1, 0.15) is 11.4 Å². The van der Waals surface area contributed by atoms with E-state index in [-0.39, 0.29) is 29.7 Å². The van der Waals surface area contributed by atoms with Gasteiger partial charge >= 0.3 is 12.1 Å². The predicted molar refractivity (Wildman–Crippen MR) is 111 cm³/mol. The lowest BCUT2D eigenvalue weighted by Crippen LogP contribution is -2.66. The van der Waals surface area contributed by atoms with E-state index in [1.165, 1.54) is 12.1 Å². The molecule has 1 spiro atoms. The Morgan fingerprint density at radius 2 is 1.94 bits per heavy atom. The molecule has 2 saturated heterocycles. The Hall–Kier alpha value is -3.05. The first kappa shape index (κ1) is 25.6. The molecule has 0 saturated carbocycles. The number of halogens is 4. The Balaban J connectivity index is 0.000000406. The largest absolute Gasteiger partial charge is 0.490 e. The van der Waals surface area contributed by atoms with E-state index < -0.39 is 12.1 Å². The van der Waals surface area contributed by atoms with Gasteiger partial charge in [-0.3, -0.25) is 9.78 Å². The molecule has 4 rings (SSSR count). The molecule has 3 heterocycles. The van der Waals surface area contributed by atoms with Crippen molar-refractivity contribution in [3.8, 4) is 0 Å². The van der Waals surface area contributed by atoms with Crippen LogP contribution in [0.4, 0.5) is 17.6 Å². The van der Waals surface area contributed by atoms with Gasteiger partial charge in [-0.1, -0.05) is 18.2 Å². The zero-order valence-electron chi connectivity index (χ0n) is 18.1. The van der Waals surface area contributed by atoms with Crippen molar-refractivity contribution in [1.82, 2.24) is 9.88 Å². The standard InChI is InChI=1S/C21H23FN2O3.C2HF3O2/c22-18-5-3-4-16(10-18)11-20(25)24-14-21(15-24)17(7-9-27-21)12-26-13-19-6-1-2-8-23-19;3-2(4,5)1(6)7/h1-6,8,10,17H,7,9,11-15H2;(H,6,7). The molecule has 11 heteroatoms. The molecule has 1 atom stereocenters. The van der Waals surface area contributed by atoms with Crippen LogP contribution < -0.4 is 0 Å². The molecule has 1 amide bonds. The summed E-state index contributed by atoms with van der Waals surface area (Å²) in [6.07, 6.45) is -2.17. The average Bonchev–Trinajstić information content (AvgIpc) is 3.17. The van der Waals surface area contributed by atoms with Crippen LogP contribution in [0.5, 0.6) is 0 Å². The number of rotatable bonds is 6. The predicted octanol–water partition coefficient (Wildman–Crippen LogP) is 3.23. The second kappa shape index (κ2) is 10.9. The summed E-state index contributed by atoms with van der Waals surface area (Å²) in [6.45, 7) is 2.94. The molecule has 184 valence electrons. The van der Waals surface area contributed by atoms with Crippen molar-refractivity contribution < 1.29 is 41.7 Å². The molecule has 2 aromatic rings. The smallest absolute Gasteiger partial charge is 0.475 e. The summed E-state index contributed by atoms with van der Waals surface area (Å²) >= 11 is 0. The van der Waals surface area contributed by atoms with Gasteiger partial charge in [-0.05, 0) is 36.2 Å². The van der Waals surface area contributed by atoms with Crippen LogP contribution in [0.2, 0.25) is 0 Å². The lowest BCUT2D eigenvalue weighted by molar-refractivity contribution is -0.192. The number of amides is 1. The van der Waals surface area contributed by atoms with Gasteiger partial charge in [0.05, 0.1) is 38.4 Å². The molecule has 0 aliphatic carbocycles. The number of aromatic nitrogens is 1. The van der Waals surface area contributed by atoms with Gasteiger partial charge in [0, 0.05) is 18.7 Å². The first-order valence-corrected chi connectivity index (χ1v) is 10.5. The van der Waals surface area contributed by atoms with Gasteiger partial charge in [0.2, 0.25) is 5.91 Å². The third kappa shape index (κ3) is 6.73. The minimum atomic E-state index is -5.08. The van der Waals surface area contributed by atoms with E-state index in [2.05, 4.69) is 4.98 Å². The fraction of sp³-hybridized carbons (Fsp3) is 0.435. The highest BCUT2D eigenvalue weighted by molar-refractivity contribution is 5.80. The number of carbonyl (C=O) groups is 2. The van der Waals surface area contributed by atoms with Crippen LogP contribution in [0.15, 0.2) is 48.7 Å². The van der Waals surface area contributed by atoms with Crippen LogP contribution in [0.1, 0.15) is 17.7 Å². The molecule has 2 aliphatic rings. The quantitative estimate of drug-likeness (QED) is 0.634. The van der Waals surface area contributed by atoms with Crippen molar-refractivity contribution in [2.75, 3.05) is 26.3 Å². The van der Waals surface area contributed by atoms with Gasteiger partial charge in [0.25, 0.3) is 0 Å². The summed E-state index contributed by atoms with van der Waals surface area (Å²) in [5.41, 5.74) is 1.32. The summed E-state index contributed by atoms with van der Waals surface area (Å²) in [5.74, 6) is -2.79. The Bertz CT molecular complexity index is 981. The SMILES string of the molecule is O=C(Cc1cccc(F)c1)N1CC2(C1)OCCC2COCc1ccccn1.O=C(O)C(F)(F)F. The van der Waals surface area contributed by atoms with E-state index >= 15 is 0 Å². The third-order valence-corrected chi connectivity index (χ3v) is 5.65. The number of carbonyl (C=O) groups excluding carboxylic acids is 1. The van der Waals surface area contributed by atoms with Crippen LogP contribution in [-0.2, 0) is 32.1 Å². The molecule has 0 bridgehead atoms. The maximum Gasteiger partial charge on any atom is 0.490 e. The number of carboxylic acid groups (broad SMARTS) is 1. The third-order valence-electron chi connectivity index (χ3n) is 5.65. The number of nitrogens with zero attached hydrogens (tertiary/aromatic N) is 2. The highest BCUT2D eigenvalue weighted by Crippen LogP contribution is 2.40. The van der Waals surface area contributed by atoms with Gasteiger partial charge in [-0.2, -0.15) is 13.2 Å². The number of hydrogen-bond acceptors (Lipinski definition) is 5. The van der Waals surface area contributed by atoms with E-state index in [1.54, 1.807) is 23.2 Å². The molecule has 2 aliphatic heterocycles. The minimum Gasteiger partial charge on any atom is -0.475 e. The highest BCUT2D eigenvalue weighted by Gasteiger charge is 2.54. The zero-order valence-corrected chi connectivity index (χ0v) is 18.1. The number of alkyl halides is 3. The second-order valence-electron chi connectivity index (χ2n) is 8.09. The molecule has 1 unspecified atom stereocenters. The van der Waals surface area contributed by atoms with Gasteiger partial charge in [0.15, 0.2) is 0 Å². The van der Waals surface area contributed by atoms with Crippen LogP contribution in [0.25, 0.3) is 0 Å². The molecule has 1 aromatic heterocycles. The fourth-order valence-electron chi connectivity index (χ4n) is 3.87. The first-order valence-electron chi connectivity index (χ1n) is 10.5. The molecular formula is C23H24F4N2O5. The highest BCUT2D eigenvalue weighted by atomic mass is 19.4. The Morgan fingerprint density at radius 1 is 1.21 bits per heavy atom. The molecular weight excluding hydrogens is 460 g/mol. The van der Waals surface area contributed by atoms with E-state index in [9.17, 15) is 22.4 Å². The van der Waals surface area contributed by atoms with Crippen molar-refractivity contribution in [2.45, 2.75) is 31.2 Å². The van der Waals surface area contributed by atoms with Crippen molar-refractivity contribution in [3.05, 3.63) is 65.7 Å². The van der Waals surface area contributed by atoms with Crippen molar-refractivity contribution in [1.29, 1.82) is 0 Å². The van der Waals surface area contributed by atoms with Crippen molar-refractivity contribution in [2.24, 2.45) is 5.92 Å². The lowest BCUT2D eigenvalue weighted by atomic mass is 9.81. The summed E-state index contributed by atoms with van der Waals surface area (Å²) in [7, 11) is 0. The van der Waals surface area contributed by atoms with Crippen molar-refractivity contribution >= 4 is 11.9 Å². The van der Waals surface area contributed by atoms with Crippen molar-refractivity contribution in [3.63, 3.8) is 0 Å². The molecule has 1 aromatic carbocycles. The van der Waals surface area contributed by atoms with E-state index in [0.717, 1.165) is 12.1 Å². The number of aliphatic carboxylic acids is 1. The van der Waals surface area contributed by atoms with Crippen LogP contribution in [0.3, 0.4) is 0 Å². The second-order valence-corrected chi connectivity index (χ2v) is 8.09. The summed E-state index contributed by atoms with van der Waals surface area (Å²) < 4.78 is 56.9. The molecule has 2 fully saturated rings. The minimum absolute atomic E-state index is 0.00915. The van der Waals surface area contributed by atoms with E-state index in [4.69, 9.17) is 19.4 Å². The van der Waals surface area contributed by atoms with Crippen LogP contribution in [-0.4, -0.2) is 64.9 Å². The van der Waals surface area contributed by atoms with Crippen LogP contribution in [0, 0.1) is 11.7 Å². The Labute approximate surface area is 193 Å². The van der Waals surface area contributed by atoms with E-state index in [1.807, 2.05) is 18.2 Å². The average molecular weight is 484 g/mol. The number of benzene rings is 1. The number of carboxylic acids is 1. The van der Waals surface area contributed by atoms with Gasteiger partial charge in [-0.15, -0.1) is 0 Å². The molecule has 1 N–H and O–H groups in total. The summed E-state index contributed by atoms with van der Waals surface area (Å²) in [5, 5.41) is 7.12. The number of hydrogen-bond donors (Lipinski definition) is 1. The van der Waals surface area contributed by atoms with Crippen LogP contribution >= 0.6 is 0 Å². The maximum atomic E-state index is 13.3. The monoisotopic (exact) mass is 484 g/mol. The summed E-state index contributed by atoms with van der Waals surface area (Å²) in [4.78, 5) is 27.4. The number of ether oxygens (including phenoxy) is 2. The fourth-order valence-corrected chi connectivity index (χ4v) is 3.87. The van der Waals surface area contributed by atoms with Gasteiger partial charge in [-0.25, -0.2) is 9.18 Å². The molecule has 34 heavy (non-hydrogen) atoms. The topological polar surface area (TPSA) is 89.0 Å². The lowest BCUT2D eigenvalue weighted by Gasteiger charge is -2.50. The normalized spacial score (nSPS) is 18.7. The Morgan fingerprint density at radius 3 is 2.56 bits per heavy atom. The van der Waals surface area contributed by atoms with Gasteiger partial charge < -0.3 is 19.5 Å². The summed E-state index contributed by atoms with van der Waals surface area (Å²) in [6, 6.07) is 12.0. The number of pyridine rings is 1. The first-order chi connectivity index (χ1) is 16.1. The molecule has 7 nitrogen and oxygen atoms in total. The molecule has 0 radical (unpaired) electrons.